The summed E-state index contributed by atoms with van der Waals surface area (Å²) in [5.41, 5.74) is 2.16. The second-order valence-corrected chi connectivity index (χ2v) is 6.29. The minimum Gasteiger partial charge on any atom is -0.338 e. The monoisotopic (exact) mass is 336 g/mol. The molecule has 0 unspecified atom stereocenters. The summed E-state index contributed by atoms with van der Waals surface area (Å²) in [6.07, 6.45) is 0.188. The predicted molar refractivity (Wildman–Crippen MR) is 95.1 cm³/mol. The molecule has 1 aliphatic rings. The molecule has 128 valence electrons. The second-order valence-electron chi connectivity index (χ2n) is 6.29. The zero-order valence-corrected chi connectivity index (χ0v) is 14.2. The van der Waals surface area contributed by atoms with Gasteiger partial charge >= 0.3 is 0 Å². The van der Waals surface area contributed by atoms with Crippen molar-refractivity contribution in [2.24, 2.45) is 5.92 Å². The molecule has 0 aromatic heterocycles. The van der Waals surface area contributed by atoms with Gasteiger partial charge in [-0.25, -0.2) is 0 Å². The second kappa shape index (κ2) is 6.89. The van der Waals surface area contributed by atoms with Gasteiger partial charge in [0.15, 0.2) is 5.78 Å². The number of anilines is 1. The van der Waals surface area contributed by atoms with Crippen LogP contribution in [0.2, 0.25) is 0 Å². The summed E-state index contributed by atoms with van der Waals surface area (Å²) in [7, 11) is 1.73. The van der Waals surface area contributed by atoms with E-state index in [2.05, 4.69) is 5.32 Å². The first-order chi connectivity index (χ1) is 12.0. The first kappa shape index (κ1) is 16.9. The van der Waals surface area contributed by atoms with Crippen LogP contribution in [0.5, 0.6) is 0 Å². The van der Waals surface area contributed by atoms with Crippen LogP contribution in [-0.2, 0) is 9.59 Å². The van der Waals surface area contributed by atoms with E-state index in [9.17, 15) is 14.4 Å². The molecule has 1 heterocycles. The Labute approximate surface area is 146 Å². The zero-order valence-electron chi connectivity index (χ0n) is 14.2. The molecule has 1 aliphatic heterocycles. The van der Waals surface area contributed by atoms with Crippen LogP contribution in [-0.4, -0.2) is 29.5 Å². The largest absolute Gasteiger partial charge is 0.338 e. The number of ketones is 1. The van der Waals surface area contributed by atoms with Crippen LogP contribution < -0.4 is 5.32 Å². The third kappa shape index (κ3) is 3.45. The van der Waals surface area contributed by atoms with Gasteiger partial charge in [0.2, 0.25) is 11.8 Å². The molecule has 2 aromatic carbocycles. The van der Waals surface area contributed by atoms with E-state index in [1.54, 1.807) is 36.2 Å². The number of hydrogen-bond acceptors (Lipinski definition) is 3. The molecule has 1 N–H and O–H groups in total. The van der Waals surface area contributed by atoms with Crippen LogP contribution in [0.3, 0.4) is 0 Å². The number of rotatable bonds is 4. The van der Waals surface area contributed by atoms with Crippen LogP contribution in [0.4, 0.5) is 5.69 Å². The van der Waals surface area contributed by atoms with Crippen LogP contribution in [0.15, 0.2) is 54.6 Å². The van der Waals surface area contributed by atoms with Gasteiger partial charge in [-0.15, -0.1) is 0 Å². The average Bonchev–Trinajstić information content (AvgIpc) is 2.91. The van der Waals surface area contributed by atoms with Crippen LogP contribution in [0, 0.1) is 5.92 Å². The minimum absolute atomic E-state index is 0.0231. The minimum atomic E-state index is -0.451. The summed E-state index contributed by atoms with van der Waals surface area (Å²) in [4.78, 5) is 37.9. The first-order valence-corrected chi connectivity index (χ1v) is 8.20. The lowest BCUT2D eigenvalue weighted by Gasteiger charge is -2.25. The molecule has 3 rings (SSSR count). The molecular formula is C20H20N2O3. The fourth-order valence-electron chi connectivity index (χ4n) is 3.23. The fraction of sp³-hybridized carbons (Fsp3) is 0.250. The van der Waals surface area contributed by atoms with Gasteiger partial charge in [-0.05, 0) is 36.8 Å². The topological polar surface area (TPSA) is 66.5 Å². The summed E-state index contributed by atoms with van der Waals surface area (Å²) < 4.78 is 0. The highest BCUT2D eigenvalue weighted by Crippen LogP contribution is 2.37. The first-order valence-electron chi connectivity index (χ1n) is 8.20. The smallest absolute Gasteiger partial charge is 0.230 e. The van der Waals surface area contributed by atoms with Crippen molar-refractivity contribution in [1.82, 2.24) is 4.90 Å². The Kier molecular flexibility index (Phi) is 4.65. The van der Waals surface area contributed by atoms with Gasteiger partial charge < -0.3 is 10.2 Å². The molecule has 2 amide bonds. The van der Waals surface area contributed by atoms with E-state index in [-0.39, 0.29) is 30.1 Å². The van der Waals surface area contributed by atoms with Gasteiger partial charge in [-0.3, -0.25) is 14.4 Å². The molecule has 2 atom stereocenters. The Morgan fingerprint density at radius 2 is 1.68 bits per heavy atom. The van der Waals surface area contributed by atoms with E-state index < -0.39 is 5.92 Å². The van der Waals surface area contributed by atoms with E-state index in [0.717, 1.165) is 5.56 Å². The highest BCUT2D eigenvalue weighted by Gasteiger charge is 2.42. The van der Waals surface area contributed by atoms with Crippen LogP contribution in [0.25, 0.3) is 0 Å². The summed E-state index contributed by atoms with van der Waals surface area (Å²) in [5.74, 6) is -0.708. The maximum Gasteiger partial charge on any atom is 0.230 e. The summed E-state index contributed by atoms with van der Waals surface area (Å²) in [6, 6.07) is 16.1. The molecule has 0 saturated carbocycles. The summed E-state index contributed by atoms with van der Waals surface area (Å²) in [6.45, 7) is 1.50. The molecule has 1 saturated heterocycles. The fourth-order valence-corrected chi connectivity index (χ4v) is 3.23. The molecule has 25 heavy (non-hydrogen) atoms. The Bertz CT molecular complexity index is 799. The molecule has 5 heteroatoms. The number of carbonyl (C=O) groups excluding carboxylic acids is 3. The van der Waals surface area contributed by atoms with Gasteiger partial charge in [-0.1, -0.05) is 30.3 Å². The number of Topliss-reactive ketones (excluding diaryl/α,β-unsaturated/α-hetero) is 1. The molecule has 1 fully saturated rings. The van der Waals surface area contributed by atoms with Crippen molar-refractivity contribution in [1.29, 1.82) is 0 Å². The van der Waals surface area contributed by atoms with Crippen molar-refractivity contribution in [3.63, 3.8) is 0 Å². The van der Waals surface area contributed by atoms with Gasteiger partial charge in [0.25, 0.3) is 0 Å². The molecular weight excluding hydrogens is 316 g/mol. The van der Waals surface area contributed by atoms with Crippen molar-refractivity contribution in [2.45, 2.75) is 19.4 Å². The quantitative estimate of drug-likeness (QED) is 0.873. The van der Waals surface area contributed by atoms with E-state index in [4.69, 9.17) is 0 Å². The number of amides is 2. The number of hydrogen-bond donors (Lipinski definition) is 1. The third-order valence-electron chi connectivity index (χ3n) is 4.62. The Hall–Kier alpha value is -2.95. The van der Waals surface area contributed by atoms with Crippen LogP contribution in [0.1, 0.15) is 35.3 Å². The number of nitrogens with one attached hydrogen (secondary N) is 1. The van der Waals surface area contributed by atoms with Gasteiger partial charge in [0.05, 0.1) is 12.0 Å². The Morgan fingerprint density at radius 3 is 2.28 bits per heavy atom. The lowest BCUT2D eigenvalue weighted by atomic mass is 9.93. The average molecular weight is 336 g/mol. The zero-order chi connectivity index (χ0) is 18.0. The summed E-state index contributed by atoms with van der Waals surface area (Å²) >= 11 is 0. The predicted octanol–water partition coefficient (Wildman–Crippen LogP) is 3.05. The van der Waals surface area contributed by atoms with Gasteiger partial charge in [0, 0.05) is 24.7 Å². The van der Waals surface area contributed by atoms with E-state index in [1.165, 1.54) is 6.92 Å². The number of nitrogens with zero attached hydrogens (tertiary/aromatic N) is 1. The Balaban J connectivity index is 1.80. The summed E-state index contributed by atoms with van der Waals surface area (Å²) in [5, 5.41) is 2.86. The molecule has 0 bridgehead atoms. The number of benzene rings is 2. The molecule has 2 aromatic rings. The van der Waals surface area contributed by atoms with E-state index in [1.807, 2.05) is 30.3 Å². The maximum absolute atomic E-state index is 12.8. The molecule has 0 spiro atoms. The maximum atomic E-state index is 12.8. The SMILES string of the molecule is CC(=O)c1ccc(NC(=O)[C@H]2CC(=O)N(C)[C@H]2c2ccccc2)cc1. The standard InChI is InChI=1S/C20H20N2O3/c1-13(23)14-8-10-16(11-9-14)21-20(25)17-12-18(24)22(2)19(17)15-6-4-3-5-7-15/h3-11,17,19H,12H2,1-2H3,(H,21,25)/t17-,19-/m0/s1. The lowest BCUT2D eigenvalue weighted by molar-refractivity contribution is -0.127. The van der Waals surface area contributed by atoms with E-state index in [0.29, 0.717) is 11.3 Å². The van der Waals surface area contributed by atoms with E-state index >= 15 is 0 Å². The van der Waals surface area contributed by atoms with Gasteiger partial charge in [0.1, 0.15) is 0 Å². The third-order valence-corrected chi connectivity index (χ3v) is 4.62. The molecule has 5 nitrogen and oxygen atoms in total. The van der Waals surface area contributed by atoms with Crippen molar-refractivity contribution in [2.75, 3.05) is 12.4 Å². The molecule has 0 aliphatic carbocycles. The van der Waals surface area contributed by atoms with Gasteiger partial charge in [-0.2, -0.15) is 0 Å². The Morgan fingerprint density at radius 1 is 1.04 bits per heavy atom. The van der Waals surface area contributed by atoms with Crippen molar-refractivity contribution >= 4 is 23.3 Å². The van der Waals surface area contributed by atoms with Crippen molar-refractivity contribution in [3.8, 4) is 0 Å². The normalized spacial score (nSPS) is 19.8. The van der Waals surface area contributed by atoms with Crippen molar-refractivity contribution in [3.05, 3.63) is 65.7 Å². The van der Waals surface area contributed by atoms with Crippen molar-refractivity contribution < 1.29 is 14.4 Å². The number of likely N-dealkylation sites (tertiary alicyclic amines) is 1. The molecule has 0 radical (unpaired) electrons. The highest BCUT2D eigenvalue weighted by molar-refractivity contribution is 5.99. The highest BCUT2D eigenvalue weighted by atomic mass is 16.2. The van der Waals surface area contributed by atoms with Crippen LogP contribution >= 0.6 is 0 Å². The number of carbonyl (C=O) groups is 3. The lowest BCUT2D eigenvalue weighted by Crippen LogP contribution is -2.30.